The second-order valence-electron chi connectivity index (χ2n) is 5.16. The normalized spacial score (nSPS) is 19.0. The summed E-state index contributed by atoms with van der Waals surface area (Å²) in [5.74, 6) is 0.465. The number of anilines is 1. The number of amides is 2. The maximum absolute atomic E-state index is 12.4. The highest BCUT2D eigenvalue weighted by Crippen LogP contribution is 2.29. The molecule has 130 valence electrons. The molecule has 1 aromatic rings. The molecule has 1 aromatic carbocycles. The van der Waals surface area contributed by atoms with Gasteiger partial charge in [-0.1, -0.05) is 17.8 Å². The molecule has 1 fully saturated rings. The number of hydrogen-bond acceptors (Lipinski definition) is 5. The minimum absolute atomic E-state index is 0.0482. The SMILES string of the molecule is CCN=C1S[C@@H](CC(=O)Nc2cccc(OCC)c2)C(=O)N1CC. The third-order valence-electron chi connectivity index (χ3n) is 3.43. The number of nitrogens with one attached hydrogen (secondary N) is 1. The second kappa shape index (κ2) is 8.73. The molecule has 1 aliphatic heterocycles. The van der Waals surface area contributed by atoms with Crippen molar-refractivity contribution in [1.82, 2.24) is 4.90 Å². The molecule has 0 aromatic heterocycles. The van der Waals surface area contributed by atoms with Gasteiger partial charge >= 0.3 is 0 Å². The Morgan fingerprint density at radius 3 is 2.83 bits per heavy atom. The number of thioether (sulfide) groups is 1. The molecular weight excluding hydrogens is 326 g/mol. The fraction of sp³-hybridized carbons (Fsp3) is 0.471. The molecular formula is C17H23N3O3S. The highest BCUT2D eigenvalue weighted by atomic mass is 32.2. The van der Waals surface area contributed by atoms with Crippen molar-refractivity contribution >= 4 is 34.4 Å². The summed E-state index contributed by atoms with van der Waals surface area (Å²) in [4.78, 5) is 30.6. The van der Waals surface area contributed by atoms with Crippen LogP contribution in [0.4, 0.5) is 5.69 Å². The Bertz CT molecular complexity index is 633. The van der Waals surface area contributed by atoms with E-state index in [9.17, 15) is 9.59 Å². The molecule has 1 heterocycles. The third-order valence-corrected chi connectivity index (χ3v) is 4.64. The number of benzene rings is 1. The van der Waals surface area contributed by atoms with Gasteiger partial charge in [0.2, 0.25) is 11.8 Å². The van der Waals surface area contributed by atoms with Crippen LogP contribution in [0, 0.1) is 0 Å². The van der Waals surface area contributed by atoms with E-state index in [0.717, 1.165) is 0 Å². The molecule has 1 atom stereocenters. The molecule has 24 heavy (non-hydrogen) atoms. The lowest BCUT2D eigenvalue weighted by atomic mass is 10.2. The largest absolute Gasteiger partial charge is 0.494 e. The molecule has 1 saturated heterocycles. The number of ether oxygens (including phenoxy) is 1. The van der Waals surface area contributed by atoms with Crippen LogP contribution in [0.1, 0.15) is 27.2 Å². The van der Waals surface area contributed by atoms with Crippen molar-refractivity contribution in [2.75, 3.05) is 25.0 Å². The zero-order valence-corrected chi connectivity index (χ0v) is 15.1. The van der Waals surface area contributed by atoms with Gasteiger partial charge in [0, 0.05) is 31.3 Å². The van der Waals surface area contributed by atoms with Crippen LogP contribution in [0.5, 0.6) is 5.75 Å². The summed E-state index contributed by atoms with van der Waals surface area (Å²) in [6.45, 7) is 7.50. The maximum Gasteiger partial charge on any atom is 0.242 e. The molecule has 0 unspecified atom stereocenters. The molecule has 1 aliphatic rings. The number of amidine groups is 1. The molecule has 2 rings (SSSR count). The standard InChI is InChI=1S/C17H23N3O3S/c1-4-18-17-20(5-2)16(22)14(24-17)11-15(21)19-12-8-7-9-13(10-12)23-6-3/h7-10,14H,4-6,11H2,1-3H3,(H,19,21)/t14-/m0/s1. The third kappa shape index (κ3) is 4.50. The summed E-state index contributed by atoms with van der Waals surface area (Å²) >= 11 is 1.37. The maximum atomic E-state index is 12.4. The van der Waals surface area contributed by atoms with Gasteiger partial charge in [0.15, 0.2) is 5.17 Å². The van der Waals surface area contributed by atoms with Gasteiger partial charge in [0.1, 0.15) is 11.0 Å². The van der Waals surface area contributed by atoms with Crippen molar-refractivity contribution in [2.24, 2.45) is 4.99 Å². The van der Waals surface area contributed by atoms with Gasteiger partial charge in [-0.15, -0.1) is 0 Å². The average Bonchev–Trinajstić information content (AvgIpc) is 2.83. The van der Waals surface area contributed by atoms with E-state index >= 15 is 0 Å². The lowest BCUT2D eigenvalue weighted by Gasteiger charge is -2.13. The smallest absolute Gasteiger partial charge is 0.242 e. The quantitative estimate of drug-likeness (QED) is 0.822. The second-order valence-corrected chi connectivity index (χ2v) is 6.33. The fourth-order valence-corrected chi connectivity index (χ4v) is 3.67. The van der Waals surface area contributed by atoms with E-state index in [4.69, 9.17) is 4.74 Å². The van der Waals surface area contributed by atoms with E-state index in [1.807, 2.05) is 32.9 Å². The van der Waals surface area contributed by atoms with E-state index in [1.54, 1.807) is 17.0 Å². The summed E-state index contributed by atoms with van der Waals surface area (Å²) in [5, 5.41) is 3.12. The number of nitrogens with zero attached hydrogens (tertiary/aromatic N) is 2. The van der Waals surface area contributed by atoms with Crippen LogP contribution in [0.15, 0.2) is 29.3 Å². The van der Waals surface area contributed by atoms with Gasteiger partial charge in [-0.3, -0.25) is 19.5 Å². The summed E-state index contributed by atoms with van der Waals surface area (Å²) in [6, 6.07) is 7.22. The number of rotatable bonds is 7. The highest BCUT2D eigenvalue weighted by molar-refractivity contribution is 8.15. The number of carbonyl (C=O) groups is 2. The Labute approximate surface area is 146 Å². The fourth-order valence-electron chi connectivity index (χ4n) is 2.40. The minimum Gasteiger partial charge on any atom is -0.494 e. The van der Waals surface area contributed by atoms with E-state index in [-0.39, 0.29) is 18.2 Å². The van der Waals surface area contributed by atoms with Gasteiger partial charge in [-0.05, 0) is 32.9 Å². The van der Waals surface area contributed by atoms with E-state index < -0.39 is 5.25 Å². The molecule has 6 nitrogen and oxygen atoms in total. The molecule has 0 bridgehead atoms. The molecule has 7 heteroatoms. The zero-order valence-electron chi connectivity index (χ0n) is 14.2. The predicted molar refractivity (Wildman–Crippen MR) is 97.6 cm³/mol. The molecule has 0 spiro atoms. The van der Waals surface area contributed by atoms with Gasteiger partial charge in [0.05, 0.1) is 6.61 Å². The first-order chi connectivity index (χ1) is 11.6. The van der Waals surface area contributed by atoms with Crippen LogP contribution in [-0.2, 0) is 9.59 Å². The lowest BCUT2D eigenvalue weighted by Crippen LogP contribution is -2.33. The Morgan fingerprint density at radius 2 is 2.17 bits per heavy atom. The zero-order chi connectivity index (χ0) is 17.5. The summed E-state index contributed by atoms with van der Waals surface area (Å²) < 4.78 is 5.42. The molecule has 0 radical (unpaired) electrons. The Kier molecular flexibility index (Phi) is 6.66. The number of hydrogen-bond donors (Lipinski definition) is 1. The lowest BCUT2D eigenvalue weighted by molar-refractivity contribution is -0.128. The van der Waals surface area contributed by atoms with Gasteiger partial charge in [-0.2, -0.15) is 0 Å². The topological polar surface area (TPSA) is 71.0 Å². The summed E-state index contributed by atoms with van der Waals surface area (Å²) in [7, 11) is 0. The molecule has 2 amide bonds. The first-order valence-corrected chi connectivity index (χ1v) is 9.02. The van der Waals surface area contributed by atoms with Gasteiger partial charge < -0.3 is 10.1 Å². The van der Waals surface area contributed by atoms with Crippen molar-refractivity contribution in [3.05, 3.63) is 24.3 Å². The van der Waals surface area contributed by atoms with Gasteiger partial charge in [0.25, 0.3) is 0 Å². The van der Waals surface area contributed by atoms with Crippen LogP contribution < -0.4 is 10.1 Å². The van der Waals surface area contributed by atoms with Crippen LogP contribution in [0.2, 0.25) is 0 Å². The highest BCUT2D eigenvalue weighted by Gasteiger charge is 2.37. The molecule has 0 aliphatic carbocycles. The van der Waals surface area contributed by atoms with Crippen molar-refractivity contribution in [1.29, 1.82) is 0 Å². The monoisotopic (exact) mass is 349 g/mol. The summed E-state index contributed by atoms with van der Waals surface area (Å²) in [5.41, 5.74) is 0.663. The first-order valence-electron chi connectivity index (χ1n) is 8.14. The Morgan fingerprint density at radius 1 is 1.38 bits per heavy atom. The van der Waals surface area contributed by atoms with Gasteiger partial charge in [-0.25, -0.2) is 0 Å². The minimum atomic E-state index is -0.412. The number of carbonyl (C=O) groups excluding carboxylic acids is 2. The van der Waals surface area contributed by atoms with Crippen LogP contribution >= 0.6 is 11.8 Å². The first kappa shape index (κ1) is 18.3. The predicted octanol–water partition coefficient (Wildman–Crippen LogP) is 2.75. The van der Waals surface area contributed by atoms with E-state index in [0.29, 0.717) is 36.3 Å². The van der Waals surface area contributed by atoms with Crippen LogP contribution in [0.3, 0.4) is 0 Å². The van der Waals surface area contributed by atoms with Crippen molar-refractivity contribution in [3.63, 3.8) is 0 Å². The molecule has 0 saturated carbocycles. The Balaban J connectivity index is 1.98. The summed E-state index contributed by atoms with van der Waals surface area (Å²) in [6.07, 6.45) is 0.127. The van der Waals surface area contributed by atoms with Crippen molar-refractivity contribution in [3.8, 4) is 5.75 Å². The van der Waals surface area contributed by atoms with E-state index in [2.05, 4.69) is 10.3 Å². The van der Waals surface area contributed by atoms with E-state index in [1.165, 1.54) is 11.8 Å². The van der Waals surface area contributed by atoms with Crippen LogP contribution in [0.25, 0.3) is 0 Å². The average molecular weight is 349 g/mol. The molecule has 1 N–H and O–H groups in total. The number of aliphatic imine (C=N–C) groups is 1. The van der Waals surface area contributed by atoms with Crippen molar-refractivity contribution < 1.29 is 14.3 Å². The van der Waals surface area contributed by atoms with Crippen molar-refractivity contribution in [2.45, 2.75) is 32.4 Å². The van der Waals surface area contributed by atoms with Crippen LogP contribution in [-0.4, -0.2) is 46.8 Å². The Hall–Kier alpha value is -2.02.